The molecule has 0 spiro atoms. The van der Waals surface area contributed by atoms with Gasteiger partial charge in [-0.1, -0.05) is 57.0 Å². The largest absolute Gasteiger partial charge is 0.354 e. The Hall–Kier alpha value is -2.30. The molecule has 0 aliphatic heterocycles. The Morgan fingerprint density at radius 3 is 2.62 bits per heavy atom. The first-order chi connectivity index (χ1) is 12.6. The van der Waals surface area contributed by atoms with Crippen LogP contribution < -0.4 is 10.6 Å². The van der Waals surface area contributed by atoms with Gasteiger partial charge < -0.3 is 15.2 Å². The lowest BCUT2D eigenvalue weighted by Crippen LogP contribution is -2.42. The van der Waals surface area contributed by atoms with E-state index in [-0.39, 0.29) is 0 Å². The van der Waals surface area contributed by atoms with E-state index in [1.54, 1.807) is 0 Å². The molecule has 2 aromatic rings. The zero-order valence-corrected chi connectivity index (χ0v) is 16.6. The van der Waals surface area contributed by atoms with Crippen LogP contribution in [-0.2, 0) is 13.1 Å². The van der Waals surface area contributed by atoms with Crippen LogP contribution in [0.25, 0.3) is 0 Å². The second-order valence-corrected chi connectivity index (χ2v) is 7.25. The minimum absolute atomic E-state index is 0.406. The summed E-state index contributed by atoms with van der Waals surface area (Å²) < 4.78 is 2.17. The summed E-state index contributed by atoms with van der Waals surface area (Å²) in [5.74, 6) is 2.60. The zero-order valence-electron chi connectivity index (χ0n) is 16.6. The number of benzene rings is 1. The van der Waals surface area contributed by atoms with Gasteiger partial charge in [0.1, 0.15) is 5.82 Å². The minimum atomic E-state index is 0.406. The average Bonchev–Trinajstić information content (AvgIpc) is 3.06. The SMILES string of the molecule is CN=C(NCc1nccn1Cc1ccccc1)NC(C)CCCC(C)C. The quantitative estimate of drug-likeness (QED) is 0.531. The van der Waals surface area contributed by atoms with E-state index in [0.29, 0.717) is 12.6 Å². The van der Waals surface area contributed by atoms with Crippen LogP contribution in [0.5, 0.6) is 0 Å². The summed E-state index contributed by atoms with van der Waals surface area (Å²) in [5, 5.41) is 6.86. The van der Waals surface area contributed by atoms with Crippen molar-refractivity contribution in [3.8, 4) is 0 Å². The number of nitrogens with zero attached hydrogens (tertiary/aromatic N) is 3. The lowest BCUT2D eigenvalue weighted by Gasteiger charge is -2.18. The number of hydrogen-bond donors (Lipinski definition) is 2. The first-order valence-electron chi connectivity index (χ1n) is 9.59. The van der Waals surface area contributed by atoms with E-state index < -0.39 is 0 Å². The molecule has 142 valence electrons. The molecule has 0 saturated carbocycles. The average molecular weight is 356 g/mol. The highest BCUT2D eigenvalue weighted by Gasteiger charge is 2.08. The van der Waals surface area contributed by atoms with E-state index in [2.05, 4.69) is 70.2 Å². The summed E-state index contributed by atoms with van der Waals surface area (Å²) >= 11 is 0. The van der Waals surface area contributed by atoms with Crippen LogP contribution in [0.15, 0.2) is 47.7 Å². The first kappa shape index (κ1) is 20.0. The molecule has 0 aliphatic carbocycles. The van der Waals surface area contributed by atoms with Crippen molar-refractivity contribution in [2.45, 2.75) is 59.2 Å². The lowest BCUT2D eigenvalue weighted by molar-refractivity contribution is 0.491. The van der Waals surface area contributed by atoms with E-state index in [9.17, 15) is 0 Å². The third-order valence-electron chi connectivity index (χ3n) is 4.44. The Balaban J connectivity index is 1.82. The van der Waals surface area contributed by atoms with Gasteiger partial charge in [-0.25, -0.2) is 4.98 Å². The number of guanidine groups is 1. The Morgan fingerprint density at radius 2 is 1.92 bits per heavy atom. The second kappa shape index (κ2) is 10.6. The van der Waals surface area contributed by atoms with Crippen molar-refractivity contribution in [2.75, 3.05) is 7.05 Å². The number of rotatable bonds is 9. The molecule has 1 unspecified atom stereocenters. The van der Waals surface area contributed by atoms with Crippen molar-refractivity contribution in [3.63, 3.8) is 0 Å². The van der Waals surface area contributed by atoms with Gasteiger partial charge in [0, 0.05) is 32.0 Å². The van der Waals surface area contributed by atoms with Crippen LogP contribution >= 0.6 is 0 Å². The lowest BCUT2D eigenvalue weighted by atomic mass is 10.0. The summed E-state index contributed by atoms with van der Waals surface area (Å²) in [7, 11) is 1.81. The van der Waals surface area contributed by atoms with Crippen LogP contribution in [0, 0.1) is 5.92 Å². The maximum atomic E-state index is 4.48. The third kappa shape index (κ3) is 6.90. The highest BCUT2D eigenvalue weighted by molar-refractivity contribution is 5.79. The fourth-order valence-electron chi connectivity index (χ4n) is 2.93. The van der Waals surface area contributed by atoms with E-state index in [1.807, 2.05) is 25.5 Å². The number of imidazole rings is 1. The van der Waals surface area contributed by atoms with Gasteiger partial charge in [-0.3, -0.25) is 4.99 Å². The molecule has 0 saturated heterocycles. The van der Waals surface area contributed by atoms with Gasteiger partial charge in [-0.2, -0.15) is 0 Å². The molecule has 5 heteroatoms. The molecule has 0 aliphatic rings. The standard InChI is InChI=1S/C21H33N5/c1-17(2)9-8-10-18(3)25-21(22-4)24-15-20-23-13-14-26(20)16-19-11-6-5-7-12-19/h5-7,11-14,17-18H,8-10,15-16H2,1-4H3,(H2,22,24,25). The fourth-order valence-corrected chi connectivity index (χ4v) is 2.93. The van der Waals surface area contributed by atoms with E-state index in [4.69, 9.17) is 0 Å². The number of aliphatic imine (C=N–C) groups is 1. The van der Waals surface area contributed by atoms with Crippen LogP contribution in [0.3, 0.4) is 0 Å². The predicted molar refractivity (Wildman–Crippen MR) is 109 cm³/mol. The normalized spacial score (nSPS) is 13.0. The second-order valence-electron chi connectivity index (χ2n) is 7.25. The van der Waals surface area contributed by atoms with Crippen molar-refractivity contribution < 1.29 is 0 Å². The molecule has 1 atom stereocenters. The first-order valence-corrected chi connectivity index (χ1v) is 9.59. The molecule has 1 heterocycles. The maximum absolute atomic E-state index is 4.48. The highest BCUT2D eigenvalue weighted by Crippen LogP contribution is 2.08. The Bertz CT molecular complexity index is 660. The summed E-state index contributed by atoms with van der Waals surface area (Å²) in [5.41, 5.74) is 1.27. The van der Waals surface area contributed by atoms with Crippen LogP contribution in [0.2, 0.25) is 0 Å². The van der Waals surface area contributed by atoms with Crippen LogP contribution in [-0.4, -0.2) is 28.6 Å². The molecular formula is C21H33N5. The molecule has 26 heavy (non-hydrogen) atoms. The topological polar surface area (TPSA) is 54.2 Å². The van der Waals surface area contributed by atoms with E-state index in [0.717, 1.165) is 30.7 Å². The van der Waals surface area contributed by atoms with Crippen molar-refractivity contribution in [1.29, 1.82) is 0 Å². The van der Waals surface area contributed by atoms with Crippen LogP contribution in [0.1, 0.15) is 51.4 Å². The van der Waals surface area contributed by atoms with Crippen LogP contribution in [0.4, 0.5) is 0 Å². The fraction of sp³-hybridized carbons (Fsp3) is 0.524. The molecule has 0 fully saturated rings. The van der Waals surface area contributed by atoms with Crippen molar-refractivity contribution in [1.82, 2.24) is 20.2 Å². The number of hydrogen-bond acceptors (Lipinski definition) is 2. The van der Waals surface area contributed by atoms with E-state index >= 15 is 0 Å². The molecule has 1 aromatic heterocycles. The van der Waals surface area contributed by atoms with Gasteiger partial charge >= 0.3 is 0 Å². The van der Waals surface area contributed by atoms with Gasteiger partial charge in [0.25, 0.3) is 0 Å². The summed E-state index contributed by atoms with van der Waals surface area (Å²) in [6.45, 7) is 8.24. The van der Waals surface area contributed by atoms with Crippen molar-refractivity contribution >= 4 is 5.96 Å². The Labute approximate surface area is 158 Å². The Morgan fingerprint density at radius 1 is 1.15 bits per heavy atom. The summed E-state index contributed by atoms with van der Waals surface area (Å²) in [6.07, 6.45) is 7.54. The minimum Gasteiger partial charge on any atom is -0.354 e. The van der Waals surface area contributed by atoms with Gasteiger partial charge in [-0.15, -0.1) is 0 Å². The van der Waals surface area contributed by atoms with Crippen molar-refractivity contribution in [2.24, 2.45) is 10.9 Å². The molecule has 0 radical (unpaired) electrons. The van der Waals surface area contributed by atoms with Gasteiger partial charge in [0.2, 0.25) is 0 Å². The maximum Gasteiger partial charge on any atom is 0.191 e. The highest BCUT2D eigenvalue weighted by atomic mass is 15.2. The molecule has 2 N–H and O–H groups in total. The van der Waals surface area contributed by atoms with E-state index in [1.165, 1.54) is 18.4 Å². The molecular weight excluding hydrogens is 322 g/mol. The smallest absolute Gasteiger partial charge is 0.191 e. The third-order valence-corrected chi connectivity index (χ3v) is 4.44. The number of aromatic nitrogens is 2. The van der Waals surface area contributed by atoms with Crippen molar-refractivity contribution in [3.05, 3.63) is 54.1 Å². The summed E-state index contributed by atoms with van der Waals surface area (Å²) in [6, 6.07) is 10.8. The molecule has 5 nitrogen and oxygen atoms in total. The number of nitrogens with one attached hydrogen (secondary N) is 2. The zero-order chi connectivity index (χ0) is 18.8. The molecule has 0 amide bonds. The Kier molecular flexibility index (Phi) is 8.19. The molecule has 1 aromatic carbocycles. The van der Waals surface area contributed by atoms with Gasteiger partial charge in [0.15, 0.2) is 5.96 Å². The predicted octanol–water partition coefficient (Wildman–Crippen LogP) is 3.81. The molecule has 2 rings (SSSR count). The summed E-state index contributed by atoms with van der Waals surface area (Å²) in [4.78, 5) is 8.83. The van der Waals surface area contributed by atoms with Gasteiger partial charge in [-0.05, 0) is 24.8 Å². The molecule has 0 bridgehead atoms. The van der Waals surface area contributed by atoms with Gasteiger partial charge in [0.05, 0.1) is 6.54 Å². The monoisotopic (exact) mass is 355 g/mol.